The Morgan fingerprint density at radius 3 is 2.62 bits per heavy atom. The maximum atomic E-state index is 4.29. The Labute approximate surface area is 162 Å². The standard InChI is InChI=1S/C18H27N5.HI/c1-4-15(5-2)13-20-18(19-3)21-14-16-8-6-9-17(12-16)23-11-7-10-22-23;/h6-12,15H,4-5,13-14H2,1-3H3,(H2,19,20,21);1H. The summed E-state index contributed by atoms with van der Waals surface area (Å²) in [7, 11) is 1.81. The molecule has 2 rings (SSSR count). The molecule has 2 N–H and O–H groups in total. The van der Waals surface area contributed by atoms with Crippen LogP contribution in [0.1, 0.15) is 32.3 Å². The number of hydrogen-bond donors (Lipinski definition) is 2. The van der Waals surface area contributed by atoms with Gasteiger partial charge in [-0.3, -0.25) is 4.99 Å². The van der Waals surface area contributed by atoms with Gasteiger partial charge in [0.15, 0.2) is 5.96 Å². The molecule has 0 amide bonds. The van der Waals surface area contributed by atoms with Crippen LogP contribution in [0, 0.1) is 5.92 Å². The molecule has 132 valence electrons. The normalized spacial score (nSPS) is 11.2. The monoisotopic (exact) mass is 441 g/mol. The quantitative estimate of drug-likeness (QED) is 0.392. The first-order valence-corrected chi connectivity index (χ1v) is 8.30. The summed E-state index contributed by atoms with van der Waals surface area (Å²) in [6.45, 7) is 6.15. The number of benzene rings is 1. The van der Waals surface area contributed by atoms with Gasteiger partial charge in [-0.05, 0) is 29.7 Å². The molecule has 0 aliphatic carbocycles. The predicted molar refractivity (Wildman–Crippen MR) is 111 cm³/mol. The molecular weight excluding hydrogens is 413 g/mol. The molecule has 2 aromatic rings. The number of nitrogens with zero attached hydrogens (tertiary/aromatic N) is 3. The van der Waals surface area contributed by atoms with E-state index in [0.717, 1.165) is 24.7 Å². The molecule has 24 heavy (non-hydrogen) atoms. The summed E-state index contributed by atoms with van der Waals surface area (Å²) in [6, 6.07) is 10.3. The van der Waals surface area contributed by atoms with Crippen molar-refractivity contribution in [3.63, 3.8) is 0 Å². The smallest absolute Gasteiger partial charge is 0.191 e. The summed E-state index contributed by atoms with van der Waals surface area (Å²) in [5.41, 5.74) is 2.26. The third-order valence-electron chi connectivity index (χ3n) is 4.08. The number of aliphatic imine (C=N–C) groups is 1. The third kappa shape index (κ3) is 6.14. The van der Waals surface area contributed by atoms with E-state index in [1.165, 1.54) is 18.4 Å². The molecule has 1 heterocycles. The van der Waals surface area contributed by atoms with Crippen molar-refractivity contribution in [3.05, 3.63) is 48.3 Å². The summed E-state index contributed by atoms with van der Waals surface area (Å²) in [4.78, 5) is 4.29. The molecule has 0 saturated carbocycles. The highest BCUT2D eigenvalue weighted by Crippen LogP contribution is 2.09. The maximum absolute atomic E-state index is 4.29. The van der Waals surface area contributed by atoms with Crippen LogP contribution in [0.3, 0.4) is 0 Å². The number of guanidine groups is 1. The topological polar surface area (TPSA) is 54.2 Å². The minimum Gasteiger partial charge on any atom is -0.356 e. The van der Waals surface area contributed by atoms with Crippen molar-refractivity contribution in [1.29, 1.82) is 0 Å². The van der Waals surface area contributed by atoms with Crippen molar-refractivity contribution in [1.82, 2.24) is 20.4 Å². The van der Waals surface area contributed by atoms with Crippen molar-refractivity contribution in [2.45, 2.75) is 33.2 Å². The van der Waals surface area contributed by atoms with Gasteiger partial charge < -0.3 is 10.6 Å². The van der Waals surface area contributed by atoms with Crippen LogP contribution in [0.25, 0.3) is 5.69 Å². The second-order valence-corrected chi connectivity index (χ2v) is 5.61. The van der Waals surface area contributed by atoms with Crippen molar-refractivity contribution >= 4 is 29.9 Å². The lowest BCUT2D eigenvalue weighted by Crippen LogP contribution is -2.39. The molecule has 0 aliphatic rings. The van der Waals surface area contributed by atoms with E-state index in [2.05, 4.69) is 58.8 Å². The lowest BCUT2D eigenvalue weighted by molar-refractivity contribution is 0.481. The van der Waals surface area contributed by atoms with E-state index in [4.69, 9.17) is 0 Å². The summed E-state index contributed by atoms with van der Waals surface area (Å²) >= 11 is 0. The fraction of sp³-hybridized carbons (Fsp3) is 0.444. The molecular formula is C18H28IN5. The fourth-order valence-electron chi connectivity index (χ4n) is 2.46. The molecule has 1 aromatic carbocycles. The maximum Gasteiger partial charge on any atom is 0.191 e. The first-order chi connectivity index (χ1) is 11.3. The predicted octanol–water partition coefficient (Wildman–Crippen LogP) is 3.59. The van der Waals surface area contributed by atoms with Gasteiger partial charge >= 0.3 is 0 Å². The van der Waals surface area contributed by atoms with Gasteiger partial charge in [0.2, 0.25) is 0 Å². The Morgan fingerprint density at radius 2 is 2.00 bits per heavy atom. The van der Waals surface area contributed by atoms with E-state index in [1.807, 2.05) is 24.0 Å². The van der Waals surface area contributed by atoms with Crippen LogP contribution in [0.2, 0.25) is 0 Å². The highest BCUT2D eigenvalue weighted by molar-refractivity contribution is 14.0. The average Bonchev–Trinajstić information content (AvgIpc) is 3.13. The molecule has 0 bridgehead atoms. The first-order valence-electron chi connectivity index (χ1n) is 8.30. The van der Waals surface area contributed by atoms with Crippen LogP contribution in [-0.2, 0) is 6.54 Å². The number of rotatable bonds is 7. The Morgan fingerprint density at radius 1 is 1.21 bits per heavy atom. The van der Waals surface area contributed by atoms with E-state index >= 15 is 0 Å². The lowest BCUT2D eigenvalue weighted by atomic mass is 10.0. The van der Waals surface area contributed by atoms with E-state index < -0.39 is 0 Å². The van der Waals surface area contributed by atoms with Crippen LogP contribution < -0.4 is 10.6 Å². The highest BCUT2D eigenvalue weighted by Gasteiger charge is 2.05. The van der Waals surface area contributed by atoms with Crippen molar-refractivity contribution < 1.29 is 0 Å². The zero-order valence-corrected chi connectivity index (χ0v) is 17.0. The van der Waals surface area contributed by atoms with Crippen LogP contribution in [0.5, 0.6) is 0 Å². The van der Waals surface area contributed by atoms with Crippen molar-refractivity contribution in [3.8, 4) is 5.69 Å². The zero-order valence-electron chi connectivity index (χ0n) is 14.7. The van der Waals surface area contributed by atoms with E-state index in [9.17, 15) is 0 Å². The van der Waals surface area contributed by atoms with Gasteiger partial charge in [-0.2, -0.15) is 5.10 Å². The Balaban J connectivity index is 0.00000288. The van der Waals surface area contributed by atoms with Gasteiger partial charge in [0, 0.05) is 32.5 Å². The largest absolute Gasteiger partial charge is 0.356 e. The molecule has 0 spiro atoms. The summed E-state index contributed by atoms with van der Waals surface area (Å²) in [5, 5.41) is 11.0. The van der Waals surface area contributed by atoms with E-state index in [1.54, 1.807) is 6.20 Å². The zero-order chi connectivity index (χ0) is 16.5. The molecule has 0 atom stereocenters. The van der Waals surface area contributed by atoms with Gasteiger partial charge in [-0.15, -0.1) is 24.0 Å². The summed E-state index contributed by atoms with van der Waals surface area (Å²) < 4.78 is 1.86. The Kier molecular flexibility index (Phi) is 9.44. The minimum absolute atomic E-state index is 0. The minimum atomic E-state index is 0. The SMILES string of the molecule is CCC(CC)CNC(=NC)NCc1cccc(-n2cccn2)c1.I. The fourth-order valence-corrected chi connectivity index (χ4v) is 2.46. The summed E-state index contributed by atoms with van der Waals surface area (Å²) in [5.74, 6) is 1.54. The highest BCUT2D eigenvalue weighted by atomic mass is 127. The number of halogens is 1. The molecule has 5 nitrogen and oxygen atoms in total. The van der Waals surface area contributed by atoms with Gasteiger partial charge in [0.25, 0.3) is 0 Å². The van der Waals surface area contributed by atoms with E-state index in [-0.39, 0.29) is 24.0 Å². The van der Waals surface area contributed by atoms with Gasteiger partial charge in [-0.25, -0.2) is 4.68 Å². The van der Waals surface area contributed by atoms with Crippen LogP contribution >= 0.6 is 24.0 Å². The average molecular weight is 441 g/mol. The molecule has 0 radical (unpaired) electrons. The molecule has 0 saturated heterocycles. The van der Waals surface area contributed by atoms with Crippen LogP contribution in [0.15, 0.2) is 47.7 Å². The first kappa shape index (κ1) is 20.5. The third-order valence-corrected chi connectivity index (χ3v) is 4.08. The molecule has 1 aromatic heterocycles. The molecule has 0 fully saturated rings. The second kappa shape index (κ2) is 11.1. The van der Waals surface area contributed by atoms with Crippen molar-refractivity contribution in [2.24, 2.45) is 10.9 Å². The lowest BCUT2D eigenvalue weighted by Gasteiger charge is -2.17. The van der Waals surface area contributed by atoms with Crippen molar-refractivity contribution in [2.75, 3.05) is 13.6 Å². The second-order valence-electron chi connectivity index (χ2n) is 5.61. The Bertz CT molecular complexity index is 606. The number of aromatic nitrogens is 2. The van der Waals surface area contributed by atoms with Crippen LogP contribution in [0.4, 0.5) is 0 Å². The molecule has 0 unspecified atom stereocenters. The van der Waals surface area contributed by atoms with Gasteiger partial charge in [0.05, 0.1) is 5.69 Å². The number of hydrogen-bond acceptors (Lipinski definition) is 2. The molecule has 0 aliphatic heterocycles. The van der Waals surface area contributed by atoms with E-state index in [0.29, 0.717) is 5.92 Å². The van der Waals surface area contributed by atoms with Gasteiger partial charge in [0.1, 0.15) is 0 Å². The summed E-state index contributed by atoms with van der Waals surface area (Å²) in [6.07, 6.45) is 6.11. The van der Waals surface area contributed by atoms with Gasteiger partial charge in [-0.1, -0.05) is 38.8 Å². The Hall–Kier alpha value is -1.57. The number of nitrogens with one attached hydrogen (secondary N) is 2. The van der Waals surface area contributed by atoms with Crippen LogP contribution in [-0.4, -0.2) is 29.3 Å². The molecule has 6 heteroatoms.